The van der Waals surface area contributed by atoms with Crippen LogP contribution in [0.15, 0.2) is 23.1 Å². The van der Waals surface area contributed by atoms with Crippen LogP contribution in [0.2, 0.25) is 0 Å². The first kappa shape index (κ1) is 20.2. The normalized spacial score (nSPS) is 28.8. The molecule has 3 N–H and O–H groups in total. The van der Waals surface area contributed by atoms with Crippen molar-refractivity contribution < 1.29 is 13.2 Å². The molecule has 0 saturated heterocycles. The highest BCUT2D eigenvalue weighted by atomic mass is 35.5. The van der Waals surface area contributed by atoms with E-state index in [1.807, 2.05) is 0 Å². The zero-order valence-electron chi connectivity index (χ0n) is 14.7. The van der Waals surface area contributed by atoms with Crippen molar-refractivity contribution >= 4 is 28.2 Å². The third-order valence-corrected chi connectivity index (χ3v) is 6.76. The van der Waals surface area contributed by atoms with Gasteiger partial charge in [-0.05, 0) is 62.1 Å². The van der Waals surface area contributed by atoms with E-state index in [-0.39, 0.29) is 35.3 Å². The van der Waals surface area contributed by atoms with Crippen LogP contribution in [0, 0.1) is 18.8 Å². The maximum Gasteiger partial charge on any atom is 0.251 e. The topological polar surface area (TPSA) is 89.3 Å². The molecule has 2 bridgehead atoms. The summed E-state index contributed by atoms with van der Waals surface area (Å²) in [5, 5.41) is 3.17. The van der Waals surface area contributed by atoms with Crippen molar-refractivity contribution in [3.05, 3.63) is 29.3 Å². The second-order valence-corrected chi connectivity index (χ2v) is 9.42. The number of aryl methyl sites for hydroxylation is 1. The van der Waals surface area contributed by atoms with E-state index in [1.54, 1.807) is 19.1 Å². The second kappa shape index (κ2) is 7.64. The van der Waals surface area contributed by atoms with Crippen molar-refractivity contribution in [2.45, 2.75) is 56.0 Å². The molecule has 2 unspecified atom stereocenters. The van der Waals surface area contributed by atoms with Gasteiger partial charge in [-0.2, -0.15) is 0 Å². The van der Waals surface area contributed by atoms with Crippen LogP contribution in [0.3, 0.4) is 0 Å². The van der Waals surface area contributed by atoms with E-state index >= 15 is 0 Å². The van der Waals surface area contributed by atoms with Crippen LogP contribution < -0.4 is 11.1 Å². The number of carbonyl (C=O) groups is 1. The average molecular weight is 387 g/mol. The Morgan fingerprint density at radius 1 is 1.20 bits per heavy atom. The van der Waals surface area contributed by atoms with Crippen LogP contribution in [0.5, 0.6) is 0 Å². The highest BCUT2D eigenvalue weighted by Crippen LogP contribution is 2.39. The lowest BCUT2D eigenvalue weighted by atomic mass is 9.67. The van der Waals surface area contributed by atoms with Crippen LogP contribution in [0.4, 0.5) is 0 Å². The van der Waals surface area contributed by atoms with E-state index in [1.165, 1.54) is 18.7 Å². The molecule has 7 heteroatoms. The maximum absolute atomic E-state index is 12.7. The number of nitrogens with one attached hydrogen (secondary N) is 1. The van der Waals surface area contributed by atoms with Crippen molar-refractivity contribution in [1.29, 1.82) is 0 Å². The van der Waals surface area contributed by atoms with Gasteiger partial charge in [0.1, 0.15) is 0 Å². The van der Waals surface area contributed by atoms with E-state index in [0.717, 1.165) is 25.7 Å². The minimum Gasteiger partial charge on any atom is -0.349 e. The SMILES string of the molecule is Cc1ccc(C(=O)NC2C3CCCC2CC(N)C3)cc1S(C)(=O)=O.Cl. The minimum absolute atomic E-state index is 0. The zero-order valence-corrected chi connectivity index (χ0v) is 16.3. The molecule has 2 aliphatic carbocycles. The average Bonchev–Trinajstić information content (AvgIpc) is 2.47. The second-order valence-electron chi connectivity index (χ2n) is 7.43. The first-order valence-corrected chi connectivity index (χ1v) is 10.5. The lowest BCUT2D eigenvalue weighted by Gasteiger charge is -2.45. The Morgan fingerprint density at radius 3 is 2.36 bits per heavy atom. The number of sulfone groups is 1. The van der Waals surface area contributed by atoms with Gasteiger partial charge in [0.05, 0.1) is 4.90 Å². The number of nitrogens with two attached hydrogens (primary N) is 1. The summed E-state index contributed by atoms with van der Waals surface area (Å²) in [6, 6.07) is 5.29. The van der Waals surface area contributed by atoms with Crippen molar-refractivity contribution in [2.75, 3.05) is 6.26 Å². The van der Waals surface area contributed by atoms with E-state index in [0.29, 0.717) is 23.0 Å². The Kier molecular flexibility index (Phi) is 6.17. The number of benzene rings is 1. The van der Waals surface area contributed by atoms with Gasteiger partial charge in [0, 0.05) is 23.9 Å². The van der Waals surface area contributed by atoms with E-state index < -0.39 is 9.84 Å². The van der Waals surface area contributed by atoms with Crippen molar-refractivity contribution in [3.63, 3.8) is 0 Å². The third kappa shape index (κ3) is 4.36. The van der Waals surface area contributed by atoms with Crippen molar-refractivity contribution in [1.82, 2.24) is 5.32 Å². The van der Waals surface area contributed by atoms with Gasteiger partial charge in [0.25, 0.3) is 5.91 Å². The molecule has 0 spiro atoms. The summed E-state index contributed by atoms with van der Waals surface area (Å²) >= 11 is 0. The smallest absolute Gasteiger partial charge is 0.251 e. The summed E-state index contributed by atoms with van der Waals surface area (Å²) in [5.41, 5.74) is 7.21. The third-order valence-electron chi connectivity index (χ3n) is 5.52. The Labute approximate surface area is 156 Å². The highest BCUT2D eigenvalue weighted by molar-refractivity contribution is 7.90. The number of halogens is 1. The zero-order chi connectivity index (χ0) is 17.5. The van der Waals surface area contributed by atoms with Crippen LogP contribution in [0.1, 0.15) is 48.0 Å². The van der Waals surface area contributed by atoms with Gasteiger partial charge in [-0.1, -0.05) is 12.5 Å². The van der Waals surface area contributed by atoms with Gasteiger partial charge >= 0.3 is 0 Å². The lowest BCUT2D eigenvalue weighted by molar-refractivity contribution is 0.0756. The van der Waals surface area contributed by atoms with Crippen LogP contribution in [0.25, 0.3) is 0 Å². The molecule has 2 aliphatic rings. The predicted octanol–water partition coefficient (Wildman–Crippen LogP) is 2.46. The standard InChI is InChI=1S/C18H26N2O3S.ClH/c1-11-6-7-14(10-16(11)24(2,22)23)18(21)20-17-12-4-3-5-13(17)9-15(19)8-12;/h6-7,10,12-13,15,17H,3-5,8-9,19H2,1-2H3,(H,20,21);1H. The fourth-order valence-corrected chi connectivity index (χ4v) is 5.39. The molecule has 1 aromatic carbocycles. The summed E-state index contributed by atoms with van der Waals surface area (Å²) < 4.78 is 23.7. The largest absolute Gasteiger partial charge is 0.349 e. The van der Waals surface area contributed by atoms with Gasteiger partial charge in [-0.25, -0.2) is 8.42 Å². The molecule has 2 fully saturated rings. The molecule has 0 heterocycles. The molecule has 3 rings (SSSR count). The molecule has 140 valence electrons. The Hall–Kier alpha value is -1.11. The fraction of sp³-hybridized carbons (Fsp3) is 0.611. The van der Waals surface area contributed by atoms with Crippen LogP contribution in [-0.2, 0) is 9.84 Å². The van der Waals surface area contributed by atoms with Crippen molar-refractivity contribution in [3.8, 4) is 0 Å². The molecule has 2 atom stereocenters. The first-order valence-electron chi connectivity index (χ1n) is 8.63. The minimum atomic E-state index is -3.34. The van der Waals surface area contributed by atoms with Gasteiger partial charge < -0.3 is 11.1 Å². The van der Waals surface area contributed by atoms with Gasteiger partial charge in [-0.15, -0.1) is 12.4 Å². The molecule has 0 aromatic heterocycles. The highest BCUT2D eigenvalue weighted by Gasteiger charge is 2.40. The Balaban J connectivity index is 0.00000225. The first-order chi connectivity index (χ1) is 11.3. The number of fused-ring (bicyclic) bond motifs is 2. The van der Waals surface area contributed by atoms with Gasteiger partial charge in [-0.3, -0.25) is 4.79 Å². The van der Waals surface area contributed by atoms with Gasteiger partial charge in [0.2, 0.25) is 0 Å². The molecular formula is C18H27ClN2O3S. The van der Waals surface area contributed by atoms with Gasteiger partial charge in [0.15, 0.2) is 9.84 Å². The summed E-state index contributed by atoms with van der Waals surface area (Å²) in [6.07, 6.45) is 6.52. The van der Waals surface area contributed by atoms with E-state index in [2.05, 4.69) is 5.32 Å². The molecule has 1 aromatic rings. The molecule has 25 heavy (non-hydrogen) atoms. The maximum atomic E-state index is 12.7. The Bertz CT molecular complexity index is 737. The Morgan fingerprint density at radius 2 is 1.80 bits per heavy atom. The van der Waals surface area contributed by atoms with E-state index in [4.69, 9.17) is 5.73 Å². The summed E-state index contributed by atoms with van der Waals surface area (Å²) in [6.45, 7) is 1.74. The molecule has 2 saturated carbocycles. The van der Waals surface area contributed by atoms with Crippen LogP contribution in [-0.4, -0.2) is 32.7 Å². The molecular weight excluding hydrogens is 360 g/mol. The number of amides is 1. The summed E-state index contributed by atoms with van der Waals surface area (Å²) in [4.78, 5) is 12.9. The van der Waals surface area contributed by atoms with Crippen LogP contribution >= 0.6 is 12.4 Å². The summed E-state index contributed by atoms with van der Waals surface area (Å²) in [7, 11) is -3.34. The number of rotatable bonds is 3. The lowest BCUT2D eigenvalue weighted by Crippen LogP contribution is -2.53. The monoisotopic (exact) mass is 386 g/mol. The van der Waals surface area contributed by atoms with E-state index in [9.17, 15) is 13.2 Å². The molecule has 0 radical (unpaired) electrons. The number of carbonyl (C=O) groups excluding carboxylic acids is 1. The summed E-state index contributed by atoms with van der Waals surface area (Å²) in [5.74, 6) is 0.699. The number of hydrogen-bond acceptors (Lipinski definition) is 4. The molecule has 5 nitrogen and oxygen atoms in total. The fourth-order valence-electron chi connectivity index (χ4n) is 4.40. The molecule has 1 amide bonds. The number of hydrogen-bond donors (Lipinski definition) is 2. The quantitative estimate of drug-likeness (QED) is 0.834. The van der Waals surface area contributed by atoms with Crippen molar-refractivity contribution in [2.24, 2.45) is 17.6 Å². The molecule has 0 aliphatic heterocycles. The predicted molar refractivity (Wildman–Crippen MR) is 101 cm³/mol.